The van der Waals surface area contributed by atoms with Crippen molar-refractivity contribution in [3.8, 4) is 0 Å². The van der Waals surface area contributed by atoms with Crippen LogP contribution in [0.1, 0.15) is 80.3 Å². The molecule has 0 N–H and O–H groups in total. The van der Waals surface area contributed by atoms with Gasteiger partial charge in [-0.3, -0.25) is 14.6 Å². The topological polar surface area (TPSA) is 50.3 Å². The summed E-state index contributed by atoms with van der Waals surface area (Å²) in [7, 11) is 0. The standard InChI is InChI=1S/C9H11NO.C9H17NO.C8H10.C2H6/c1-6-4-5-9(8(3)11)7(2)10-6;1-4-7-10(8-5-2)9(11)6-3;1-7-4-3-5-8(2)6-7;1-2/h4-5H,1-3H3;6H,3-5,7-8H2,1-2H3;3-6H,1-2H3;1-2H3. The van der Waals surface area contributed by atoms with Gasteiger partial charge >= 0.3 is 0 Å². The summed E-state index contributed by atoms with van der Waals surface area (Å²) in [4.78, 5) is 28.0. The molecule has 4 heteroatoms. The van der Waals surface area contributed by atoms with Gasteiger partial charge in [0.05, 0.1) is 0 Å². The van der Waals surface area contributed by atoms with E-state index >= 15 is 0 Å². The van der Waals surface area contributed by atoms with Crippen molar-refractivity contribution in [2.75, 3.05) is 13.1 Å². The minimum absolute atomic E-state index is 0.0497. The lowest BCUT2D eigenvalue weighted by Crippen LogP contribution is -2.30. The minimum Gasteiger partial charge on any atom is -0.339 e. The molecular formula is C28H44N2O2. The molecule has 0 aliphatic heterocycles. The number of hydrogen-bond donors (Lipinski definition) is 0. The SMILES string of the molecule is C=CC(=O)N(CCC)CCC.CC.CC(=O)c1ccc(C)nc1C.Cc1cccc(C)c1. The Kier molecular flexibility index (Phi) is 18.6. The third-order valence-corrected chi connectivity index (χ3v) is 4.25. The first-order valence-corrected chi connectivity index (χ1v) is 11.6. The highest BCUT2D eigenvalue weighted by molar-refractivity contribution is 5.95. The number of carbonyl (C=O) groups is 2. The van der Waals surface area contributed by atoms with E-state index in [-0.39, 0.29) is 11.7 Å². The molecule has 0 radical (unpaired) electrons. The van der Waals surface area contributed by atoms with E-state index < -0.39 is 0 Å². The second-order valence-corrected chi connectivity index (χ2v) is 7.33. The lowest BCUT2D eigenvalue weighted by molar-refractivity contribution is -0.126. The molecule has 0 atom stereocenters. The maximum Gasteiger partial charge on any atom is 0.245 e. The van der Waals surface area contributed by atoms with E-state index in [1.165, 1.54) is 17.2 Å². The number of benzene rings is 1. The van der Waals surface area contributed by atoms with Gasteiger partial charge in [-0.1, -0.05) is 69.7 Å². The van der Waals surface area contributed by atoms with Crippen molar-refractivity contribution in [1.82, 2.24) is 9.88 Å². The normalized spacial score (nSPS) is 9.03. The summed E-state index contributed by atoms with van der Waals surface area (Å²) < 4.78 is 0. The van der Waals surface area contributed by atoms with Crippen LogP contribution in [0.15, 0.2) is 49.1 Å². The molecule has 1 amide bonds. The quantitative estimate of drug-likeness (QED) is 0.357. The zero-order valence-electron chi connectivity index (χ0n) is 21.8. The second-order valence-electron chi connectivity index (χ2n) is 7.33. The zero-order valence-corrected chi connectivity index (χ0v) is 21.8. The number of hydrogen-bond acceptors (Lipinski definition) is 3. The van der Waals surface area contributed by atoms with Crippen molar-refractivity contribution in [2.45, 2.75) is 75.2 Å². The predicted octanol–water partition coefficient (Wildman–Crippen LogP) is 7.05. The van der Waals surface area contributed by atoms with Crippen molar-refractivity contribution in [3.63, 3.8) is 0 Å². The van der Waals surface area contributed by atoms with E-state index in [1.807, 2.05) is 44.7 Å². The summed E-state index contributed by atoms with van der Waals surface area (Å²) in [5, 5.41) is 0. The highest BCUT2D eigenvalue weighted by atomic mass is 16.2. The Balaban J connectivity index is 0. The van der Waals surface area contributed by atoms with E-state index in [9.17, 15) is 9.59 Å². The van der Waals surface area contributed by atoms with Crippen molar-refractivity contribution in [1.29, 1.82) is 0 Å². The average Bonchev–Trinajstić information content (AvgIpc) is 2.75. The van der Waals surface area contributed by atoms with E-state index in [0.717, 1.165) is 42.9 Å². The molecule has 1 aromatic carbocycles. The number of aryl methyl sites for hydroxylation is 4. The molecule has 0 fully saturated rings. The number of nitrogens with zero attached hydrogens (tertiary/aromatic N) is 2. The van der Waals surface area contributed by atoms with Crippen LogP contribution in [0.25, 0.3) is 0 Å². The van der Waals surface area contributed by atoms with Crippen LogP contribution in [0.2, 0.25) is 0 Å². The molecule has 4 nitrogen and oxygen atoms in total. The van der Waals surface area contributed by atoms with Crippen LogP contribution >= 0.6 is 0 Å². The van der Waals surface area contributed by atoms with Gasteiger partial charge in [0.15, 0.2) is 5.78 Å². The van der Waals surface area contributed by atoms with E-state index in [2.05, 4.69) is 63.5 Å². The summed E-state index contributed by atoms with van der Waals surface area (Å²) in [5.74, 6) is 0.128. The van der Waals surface area contributed by atoms with Crippen LogP contribution in [-0.4, -0.2) is 34.7 Å². The van der Waals surface area contributed by atoms with Crippen LogP contribution in [0, 0.1) is 27.7 Å². The van der Waals surface area contributed by atoms with Crippen LogP contribution in [0.4, 0.5) is 0 Å². The molecule has 0 unspecified atom stereocenters. The summed E-state index contributed by atoms with van der Waals surface area (Å²) in [6.07, 6.45) is 3.41. The van der Waals surface area contributed by atoms with Gasteiger partial charge < -0.3 is 4.90 Å². The lowest BCUT2D eigenvalue weighted by Gasteiger charge is -2.18. The Morgan fingerprint density at radius 2 is 1.44 bits per heavy atom. The fourth-order valence-electron chi connectivity index (χ4n) is 2.87. The molecule has 0 spiro atoms. The van der Waals surface area contributed by atoms with Gasteiger partial charge in [-0.2, -0.15) is 0 Å². The molecular weight excluding hydrogens is 396 g/mol. The highest BCUT2D eigenvalue weighted by Gasteiger charge is 2.06. The molecule has 2 aromatic rings. The summed E-state index contributed by atoms with van der Waals surface area (Å²) in [6, 6.07) is 12.1. The molecule has 0 bridgehead atoms. The van der Waals surface area contributed by atoms with Crippen LogP contribution in [-0.2, 0) is 4.79 Å². The van der Waals surface area contributed by atoms with E-state index in [0.29, 0.717) is 0 Å². The number of carbonyl (C=O) groups excluding carboxylic acids is 2. The summed E-state index contributed by atoms with van der Waals surface area (Å²) in [5.41, 5.74) is 5.16. The molecule has 32 heavy (non-hydrogen) atoms. The molecule has 0 aliphatic rings. The van der Waals surface area contributed by atoms with Gasteiger partial charge in [0.25, 0.3) is 0 Å². The second kappa shape index (κ2) is 19.0. The first-order valence-electron chi connectivity index (χ1n) is 11.6. The monoisotopic (exact) mass is 440 g/mol. The number of amides is 1. The summed E-state index contributed by atoms with van der Waals surface area (Å²) in [6.45, 7) is 22.8. The lowest BCUT2D eigenvalue weighted by atomic mass is 10.1. The Hall–Kier alpha value is -2.75. The fraction of sp³-hybridized carbons (Fsp3) is 0.464. The van der Waals surface area contributed by atoms with Crippen LogP contribution in [0.5, 0.6) is 0 Å². The maximum atomic E-state index is 11.1. The fourth-order valence-corrected chi connectivity index (χ4v) is 2.87. The Morgan fingerprint density at radius 3 is 1.75 bits per heavy atom. The number of pyridine rings is 1. The van der Waals surface area contributed by atoms with Gasteiger partial charge in [0.2, 0.25) is 5.91 Å². The first-order chi connectivity index (χ1) is 15.2. The van der Waals surface area contributed by atoms with Crippen LogP contribution in [0.3, 0.4) is 0 Å². The molecule has 1 aromatic heterocycles. The Bertz CT molecular complexity index is 790. The van der Waals surface area contributed by atoms with Crippen molar-refractivity contribution < 1.29 is 9.59 Å². The van der Waals surface area contributed by atoms with Crippen molar-refractivity contribution in [3.05, 3.63) is 77.1 Å². The smallest absolute Gasteiger partial charge is 0.245 e. The van der Waals surface area contributed by atoms with E-state index in [4.69, 9.17) is 0 Å². The molecule has 0 saturated carbocycles. The van der Waals surface area contributed by atoms with Gasteiger partial charge in [0.1, 0.15) is 0 Å². The van der Waals surface area contributed by atoms with Gasteiger partial charge in [-0.25, -0.2) is 0 Å². The number of rotatable bonds is 6. The highest BCUT2D eigenvalue weighted by Crippen LogP contribution is 2.06. The summed E-state index contributed by atoms with van der Waals surface area (Å²) >= 11 is 0. The number of aromatic nitrogens is 1. The zero-order chi connectivity index (χ0) is 25.1. The number of Topliss-reactive ketones (excluding diaryl/α,β-unsaturated/α-hetero) is 1. The molecule has 1 heterocycles. The van der Waals surface area contributed by atoms with Crippen molar-refractivity contribution in [2.24, 2.45) is 0 Å². The van der Waals surface area contributed by atoms with Crippen molar-refractivity contribution >= 4 is 11.7 Å². The molecule has 0 saturated heterocycles. The predicted molar refractivity (Wildman–Crippen MR) is 138 cm³/mol. The van der Waals surface area contributed by atoms with Crippen LogP contribution < -0.4 is 0 Å². The third-order valence-electron chi connectivity index (χ3n) is 4.25. The third kappa shape index (κ3) is 14.3. The van der Waals surface area contributed by atoms with Gasteiger partial charge in [-0.05, 0) is 65.7 Å². The maximum absolute atomic E-state index is 11.1. The minimum atomic E-state index is 0.0497. The molecule has 178 valence electrons. The Morgan fingerprint density at radius 1 is 0.938 bits per heavy atom. The molecule has 0 aliphatic carbocycles. The number of ketones is 1. The van der Waals surface area contributed by atoms with Gasteiger partial charge in [0, 0.05) is 30.0 Å². The Labute approximate surface area is 196 Å². The first kappa shape index (κ1) is 31.4. The molecule has 2 rings (SSSR count). The van der Waals surface area contributed by atoms with E-state index in [1.54, 1.807) is 6.92 Å². The largest absolute Gasteiger partial charge is 0.339 e. The average molecular weight is 441 g/mol. The van der Waals surface area contributed by atoms with Gasteiger partial charge in [-0.15, -0.1) is 0 Å².